The van der Waals surface area contributed by atoms with E-state index in [-0.39, 0.29) is 5.75 Å². The quantitative estimate of drug-likeness (QED) is 0.817. The lowest BCUT2D eigenvalue weighted by Crippen LogP contribution is -2.17. The zero-order chi connectivity index (χ0) is 14.8. The molecule has 0 aliphatic heterocycles. The third-order valence-corrected chi connectivity index (χ3v) is 2.98. The van der Waals surface area contributed by atoms with Gasteiger partial charge in [0.1, 0.15) is 11.6 Å². The monoisotopic (exact) mass is 346 g/mol. The van der Waals surface area contributed by atoms with Gasteiger partial charge in [-0.15, -0.1) is 13.2 Å². The van der Waals surface area contributed by atoms with Gasteiger partial charge in [-0.1, -0.05) is 0 Å². The lowest BCUT2D eigenvalue weighted by molar-refractivity contribution is -0.274. The molecule has 106 valence electrons. The second-order valence-corrected chi connectivity index (χ2v) is 4.85. The summed E-state index contributed by atoms with van der Waals surface area (Å²) in [5, 5.41) is 0. The summed E-state index contributed by atoms with van der Waals surface area (Å²) in [5.74, 6) is 0.427. The zero-order valence-electron chi connectivity index (χ0n) is 10.4. The van der Waals surface area contributed by atoms with Crippen molar-refractivity contribution in [2.24, 2.45) is 0 Å². The number of anilines is 2. The van der Waals surface area contributed by atoms with Gasteiger partial charge in [-0.3, -0.25) is 0 Å². The number of halogens is 4. The average Bonchev–Trinajstić information content (AvgIpc) is 2.38. The van der Waals surface area contributed by atoms with Gasteiger partial charge in [0.25, 0.3) is 0 Å². The minimum absolute atomic E-state index is 0.251. The van der Waals surface area contributed by atoms with Crippen molar-refractivity contribution in [3.8, 4) is 5.75 Å². The molecule has 0 atom stereocenters. The Balaban J connectivity index is 2.15. The summed E-state index contributed by atoms with van der Waals surface area (Å²) in [7, 11) is 1.77. The van der Waals surface area contributed by atoms with E-state index in [0.717, 1.165) is 4.47 Å². The molecular weight excluding hydrogens is 337 g/mol. The molecule has 0 aliphatic carbocycles. The zero-order valence-corrected chi connectivity index (χ0v) is 11.9. The Morgan fingerprint density at radius 1 is 1.10 bits per heavy atom. The normalized spacial score (nSPS) is 11.2. The highest BCUT2D eigenvalue weighted by Crippen LogP contribution is 2.27. The van der Waals surface area contributed by atoms with Crippen LogP contribution in [-0.4, -0.2) is 18.4 Å². The predicted octanol–water partition coefficient (Wildman–Crippen LogP) is 4.51. The summed E-state index contributed by atoms with van der Waals surface area (Å²) in [4.78, 5) is 5.96. The maximum atomic E-state index is 12.1. The van der Waals surface area contributed by atoms with E-state index in [1.807, 2.05) is 6.07 Å². The summed E-state index contributed by atoms with van der Waals surface area (Å²) in [6, 6.07) is 9.22. The first-order valence-electron chi connectivity index (χ1n) is 5.56. The topological polar surface area (TPSA) is 25.4 Å². The first-order valence-corrected chi connectivity index (χ1v) is 6.35. The van der Waals surface area contributed by atoms with Crippen molar-refractivity contribution in [2.75, 3.05) is 11.9 Å². The number of nitrogens with zero attached hydrogens (tertiary/aromatic N) is 2. The highest BCUT2D eigenvalue weighted by molar-refractivity contribution is 9.10. The van der Waals surface area contributed by atoms with Crippen molar-refractivity contribution < 1.29 is 17.9 Å². The first kappa shape index (κ1) is 14.6. The molecule has 0 spiro atoms. The predicted molar refractivity (Wildman–Crippen MR) is 73.1 cm³/mol. The lowest BCUT2D eigenvalue weighted by atomic mass is 10.3. The van der Waals surface area contributed by atoms with Crippen LogP contribution in [0, 0.1) is 0 Å². The maximum absolute atomic E-state index is 12.1. The van der Waals surface area contributed by atoms with E-state index in [1.54, 1.807) is 24.2 Å². The van der Waals surface area contributed by atoms with Gasteiger partial charge in [0.2, 0.25) is 0 Å². The number of alkyl halides is 3. The Morgan fingerprint density at radius 3 is 2.25 bits per heavy atom. The van der Waals surface area contributed by atoms with E-state index >= 15 is 0 Å². The molecule has 0 aliphatic rings. The Morgan fingerprint density at radius 2 is 1.75 bits per heavy atom. The van der Waals surface area contributed by atoms with Gasteiger partial charge in [0.15, 0.2) is 0 Å². The highest BCUT2D eigenvalue weighted by Gasteiger charge is 2.30. The molecule has 1 heterocycles. The fraction of sp³-hybridized carbons (Fsp3) is 0.154. The number of benzene rings is 1. The molecule has 1 aromatic carbocycles. The number of pyridine rings is 1. The fourth-order valence-corrected chi connectivity index (χ4v) is 1.80. The summed E-state index contributed by atoms with van der Waals surface area (Å²) < 4.78 is 40.8. The number of ether oxygens (including phenoxy) is 1. The molecule has 0 amide bonds. The third kappa shape index (κ3) is 3.86. The van der Waals surface area contributed by atoms with E-state index in [2.05, 4.69) is 25.7 Å². The van der Waals surface area contributed by atoms with Crippen molar-refractivity contribution in [2.45, 2.75) is 6.36 Å². The largest absolute Gasteiger partial charge is 0.573 e. The van der Waals surface area contributed by atoms with E-state index in [0.29, 0.717) is 11.5 Å². The molecule has 7 heteroatoms. The van der Waals surface area contributed by atoms with Gasteiger partial charge in [0.05, 0.1) is 0 Å². The van der Waals surface area contributed by atoms with Crippen LogP contribution in [0.4, 0.5) is 24.7 Å². The molecule has 0 saturated heterocycles. The molecule has 3 nitrogen and oxygen atoms in total. The molecule has 1 aromatic heterocycles. The van der Waals surface area contributed by atoms with Crippen molar-refractivity contribution in [1.29, 1.82) is 0 Å². The minimum Gasteiger partial charge on any atom is -0.406 e. The van der Waals surface area contributed by atoms with E-state index in [4.69, 9.17) is 0 Å². The summed E-state index contributed by atoms with van der Waals surface area (Å²) in [5.41, 5.74) is 0.703. The van der Waals surface area contributed by atoms with Crippen molar-refractivity contribution in [3.05, 3.63) is 47.1 Å². The third-order valence-electron chi connectivity index (χ3n) is 2.51. The molecule has 0 N–H and O–H groups in total. The van der Waals surface area contributed by atoms with E-state index in [1.165, 1.54) is 24.3 Å². The van der Waals surface area contributed by atoms with Crippen molar-refractivity contribution in [3.63, 3.8) is 0 Å². The molecule has 0 radical (unpaired) electrons. The molecular formula is C13H10BrF3N2O. The molecule has 0 saturated carbocycles. The molecule has 20 heavy (non-hydrogen) atoms. The number of aromatic nitrogens is 1. The van der Waals surface area contributed by atoms with Crippen LogP contribution in [-0.2, 0) is 0 Å². The van der Waals surface area contributed by atoms with Gasteiger partial charge >= 0.3 is 6.36 Å². The Bertz CT molecular complexity index is 570. The molecule has 0 unspecified atom stereocenters. The van der Waals surface area contributed by atoms with Crippen LogP contribution in [0.2, 0.25) is 0 Å². The lowest BCUT2D eigenvalue weighted by Gasteiger charge is -2.18. The summed E-state index contributed by atoms with van der Waals surface area (Å²) in [6.45, 7) is 0. The van der Waals surface area contributed by atoms with Crippen LogP contribution >= 0.6 is 15.9 Å². The molecule has 2 aromatic rings. The van der Waals surface area contributed by atoms with Gasteiger partial charge < -0.3 is 9.64 Å². The highest BCUT2D eigenvalue weighted by atomic mass is 79.9. The second-order valence-electron chi connectivity index (χ2n) is 3.94. The fourth-order valence-electron chi connectivity index (χ4n) is 1.57. The van der Waals surface area contributed by atoms with Crippen molar-refractivity contribution >= 4 is 27.4 Å². The first-order chi connectivity index (χ1) is 9.35. The van der Waals surface area contributed by atoms with Crippen LogP contribution in [0.3, 0.4) is 0 Å². The smallest absolute Gasteiger partial charge is 0.406 e. The van der Waals surface area contributed by atoms with Crippen LogP contribution in [0.25, 0.3) is 0 Å². The number of rotatable bonds is 3. The standard InChI is InChI=1S/C13H10BrF3N2O/c1-19(12-7-2-9(14)8-18-12)10-3-5-11(6-4-10)20-13(15,16)17/h2-8H,1H3. The SMILES string of the molecule is CN(c1ccc(OC(F)(F)F)cc1)c1ccc(Br)cn1. The average molecular weight is 347 g/mol. The van der Waals surface area contributed by atoms with E-state index in [9.17, 15) is 13.2 Å². The maximum Gasteiger partial charge on any atom is 0.573 e. The second kappa shape index (κ2) is 5.70. The number of hydrogen-bond acceptors (Lipinski definition) is 3. The van der Waals surface area contributed by atoms with Crippen LogP contribution in [0.15, 0.2) is 47.1 Å². The van der Waals surface area contributed by atoms with Gasteiger partial charge in [-0.2, -0.15) is 0 Å². The van der Waals surface area contributed by atoms with Gasteiger partial charge in [-0.05, 0) is 52.3 Å². The molecule has 0 fully saturated rings. The van der Waals surface area contributed by atoms with Gasteiger partial charge in [0, 0.05) is 23.4 Å². The van der Waals surface area contributed by atoms with Gasteiger partial charge in [-0.25, -0.2) is 4.98 Å². The Kier molecular flexibility index (Phi) is 4.17. The van der Waals surface area contributed by atoms with E-state index < -0.39 is 6.36 Å². The summed E-state index contributed by atoms with van der Waals surface area (Å²) in [6.07, 6.45) is -3.03. The summed E-state index contributed by atoms with van der Waals surface area (Å²) >= 11 is 3.28. The molecule has 2 rings (SSSR count). The van der Waals surface area contributed by atoms with Crippen LogP contribution < -0.4 is 9.64 Å². The van der Waals surface area contributed by atoms with Crippen molar-refractivity contribution in [1.82, 2.24) is 4.98 Å². The van der Waals surface area contributed by atoms with Crippen LogP contribution in [0.1, 0.15) is 0 Å². The Labute approximate surface area is 122 Å². The molecule has 0 bridgehead atoms. The Hall–Kier alpha value is -1.76. The minimum atomic E-state index is -4.68. The number of hydrogen-bond donors (Lipinski definition) is 0. The van der Waals surface area contributed by atoms with Crippen LogP contribution in [0.5, 0.6) is 5.75 Å².